The van der Waals surface area contributed by atoms with E-state index in [1.54, 1.807) is 19.9 Å². The molecule has 1 aromatic heterocycles. The molecule has 0 bridgehead atoms. The lowest BCUT2D eigenvalue weighted by Crippen LogP contribution is -2.21. The number of H-pyrrole nitrogens is 1. The van der Waals surface area contributed by atoms with Gasteiger partial charge in [-0.3, -0.25) is 5.10 Å². The fraction of sp³-hybridized carbons (Fsp3) is 0.500. The number of aromatic nitrogens is 2. The molecule has 0 aliphatic heterocycles. The Balaban J connectivity index is 2.72. The normalized spacial score (nSPS) is 11.2. The number of hydrogen-bond acceptors (Lipinski definition) is 3. The van der Waals surface area contributed by atoms with Gasteiger partial charge in [0.05, 0.1) is 5.60 Å². The molecule has 0 aliphatic rings. The molecule has 64 valence electrons. The van der Waals surface area contributed by atoms with E-state index in [1.165, 1.54) is 0 Å². The molecule has 0 saturated carbocycles. The maximum Gasteiger partial charge on any atom is 0.162 e. The van der Waals surface area contributed by atoms with Gasteiger partial charge in [0.25, 0.3) is 0 Å². The Bertz CT molecular complexity index is 303. The summed E-state index contributed by atoms with van der Waals surface area (Å²) in [7, 11) is 0. The molecule has 1 aromatic rings. The van der Waals surface area contributed by atoms with Crippen LogP contribution < -0.4 is 0 Å². The molecular weight excluding hydrogens is 154 g/mol. The van der Waals surface area contributed by atoms with E-state index in [0.717, 1.165) is 5.69 Å². The van der Waals surface area contributed by atoms with Crippen molar-refractivity contribution in [3.05, 3.63) is 17.5 Å². The van der Waals surface area contributed by atoms with Crippen LogP contribution in [0.5, 0.6) is 0 Å². The summed E-state index contributed by atoms with van der Waals surface area (Å²) in [5.74, 6) is 0. The first kappa shape index (κ1) is 8.75. The molecule has 1 rings (SSSR count). The van der Waals surface area contributed by atoms with Gasteiger partial charge in [-0.1, -0.05) is 0 Å². The van der Waals surface area contributed by atoms with Crippen LogP contribution in [0.3, 0.4) is 0 Å². The van der Waals surface area contributed by atoms with Gasteiger partial charge in [-0.25, -0.2) is 0 Å². The summed E-state index contributed by atoms with van der Waals surface area (Å²) in [5.41, 5.74) is 0.368. The van der Waals surface area contributed by atoms with Gasteiger partial charge in [0.15, 0.2) is 5.69 Å². The van der Waals surface area contributed by atoms with Crippen molar-refractivity contribution in [2.24, 2.45) is 0 Å². The van der Waals surface area contributed by atoms with E-state index in [9.17, 15) is 5.11 Å². The van der Waals surface area contributed by atoms with Crippen molar-refractivity contribution >= 4 is 0 Å². The summed E-state index contributed by atoms with van der Waals surface area (Å²) in [6.45, 7) is 3.42. The minimum Gasteiger partial charge on any atom is -0.390 e. The zero-order valence-corrected chi connectivity index (χ0v) is 7.13. The first-order valence-corrected chi connectivity index (χ1v) is 3.68. The second kappa shape index (κ2) is 2.95. The SMILES string of the molecule is CC(C)(O)Cc1cc(C#N)n[nH]1. The van der Waals surface area contributed by atoms with Gasteiger partial charge in [0.2, 0.25) is 0 Å². The molecule has 0 spiro atoms. The fourth-order valence-corrected chi connectivity index (χ4v) is 0.976. The third-order valence-electron chi connectivity index (χ3n) is 1.37. The molecule has 1 heterocycles. The molecule has 0 aromatic carbocycles. The molecule has 0 fully saturated rings. The summed E-state index contributed by atoms with van der Waals surface area (Å²) in [4.78, 5) is 0. The van der Waals surface area contributed by atoms with Crippen LogP contribution in [0.25, 0.3) is 0 Å². The minimum absolute atomic E-state index is 0.356. The number of nitrogens with one attached hydrogen (secondary N) is 1. The lowest BCUT2D eigenvalue weighted by Gasteiger charge is -2.14. The van der Waals surface area contributed by atoms with E-state index in [2.05, 4.69) is 10.2 Å². The highest BCUT2D eigenvalue weighted by atomic mass is 16.3. The van der Waals surface area contributed by atoms with Crippen LogP contribution in [-0.2, 0) is 6.42 Å². The highest BCUT2D eigenvalue weighted by molar-refractivity contribution is 5.22. The molecule has 0 amide bonds. The number of rotatable bonds is 2. The predicted octanol–water partition coefficient (Wildman–Crippen LogP) is 0.595. The fourth-order valence-electron chi connectivity index (χ4n) is 0.976. The number of aliphatic hydroxyl groups is 1. The molecule has 2 N–H and O–H groups in total. The van der Waals surface area contributed by atoms with Crippen LogP contribution in [0, 0.1) is 11.3 Å². The van der Waals surface area contributed by atoms with Gasteiger partial charge in [-0.05, 0) is 19.9 Å². The molecule has 0 unspecified atom stereocenters. The average Bonchev–Trinajstić information content (AvgIpc) is 2.32. The van der Waals surface area contributed by atoms with E-state index in [0.29, 0.717) is 12.1 Å². The zero-order valence-electron chi connectivity index (χ0n) is 7.13. The third kappa shape index (κ3) is 2.36. The van der Waals surface area contributed by atoms with Gasteiger partial charge in [0, 0.05) is 12.1 Å². The van der Waals surface area contributed by atoms with Crippen LogP contribution in [0.4, 0.5) is 0 Å². The van der Waals surface area contributed by atoms with Gasteiger partial charge < -0.3 is 5.11 Å². The summed E-state index contributed by atoms with van der Waals surface area (Å²) in [5, 5.41) is 24.3. The maximum atomic E-state index is 9.42. The number of nitriles is 1. The summed E-state index contributed by atoms with van der Waals surface area (Å²) in [6, 6.07) is 3.55. The molecule has 0 aliphatic carbocycles. The Morgan fingerprint density at radius 1 is 1.75 bits per heavy atom. The van der Waals surface area contributed by atoms with Crippen molar-refractivity contribution in [3.8, 4) is 6.07 Å². The van der Waals surface area contributed by atoms with Gasteiger partial charge in [0.1, 0.15) is 6.07 Å². The van der Waals surface area contributed by atoms with Crippen molar-refractivity contribution in [3.63, 3.8) is 0 Å². The van der Waals surface area contributed by atoms with Crippen molar-refractivity contribution in [1.82, 2.24) is 10.2 Å². The topological polar surface area (TPSA) is 72.7 Å². The van der Waals surface area contributed by atoms with E-state index in [1.807, 2.05) is 6.07 Å². The Hall–Kier alpha value is -1.34. The summed E-state index contributed by atoms with van der Waals surface area (Å²) >= 11 is 0. The Morgan fingerprint density at radius 3 is 2.83 bits per heavy atom. The Kier molecular flexibility index (Phi) is 2.15. The van der Waals surface area contributed by atoms with Gasteiger partial charge >= 0.3 is 0 Å². The Morgan fingerprint density at radius 2 is 2.42 bits per heavy atom. The highest BCUT2D eigenvalue weighted by Gasteiger charge is 2.14. The van der Waals surface area contributed by atoms with E-state index < -0.39 is 5.60 Å². The lowest BCUT2D eigenvalue weighted by molar-refractivity contribution is 0.0799. The molecule has 0 radical (unpaired) electrons. The standard InChI is InChI=1S/C8H11N3O/c1-8(2,12)4-6-3-7(5-9)11-10-6/h3,12H,4H2,1-2H3,(H,10,11). The van der Waals surface area contributed by atoms with Crippen LogP contribution in [0.2, 0.25) is 0 Å². The third-order valence-corrected chi connectivity index (χ3v) is 1.37. The van der Waals surface area contributed by atoms with Crippen molar-refractivity contribution in [1.29, 1.82) is 5.26 Å². The Labute approximate surface area is 70.8 Å². The van der Waals surface area contributed by atoms with Crippen LogP contribution in [0.15, 0.2) is 6.07 Å². The first-order chi connectivity index (χ1) is 5.51. The van der Waals surface area contributed by atoms with Gasteiger partial charge in [-0.2, -0.15) is 10.4 Å². The maximum absolute atomic E-state index is 9.42. The molecule has 12 heavy (non-hydrogen) atoms. The van der Waals surface area contributed by atoms with E-state index in [-0.39, 0.29) is 0 Å². The largest absolute Gasteiger partial charge is 0.390 e. The van der Waals surface area contributed by atoms with E-state index >= 15 is 0 Å². The highest BCUT2D eigenvalue weighted by Crippen LogP contribution is 2.10. The predicted molar refractivity (Wildman–Crippen MR) is 43.3 cm³/mol. The van der Waals surface area contributed by atoms with Gasteiger partial charge in [-0.15, -0.1) is 0 Å². The smallest absolute Gasteiger partial charge is 0.162 e. The molecule has 4 heteroatoms. The van der Waals surface area contributed by atoms with Crippen LogP contribution >= 0.6 is 0 Å². The minimum atomic E-state index is -0.765. The average molecular weight is 165 g/mol. The van der Waals surface area contributed by atoms with Crippen molar-refractivity contribution < 1.29 is 5.11 Å². The van der Waals surface area contributed by atoms with Crippen LogP contribution in [-0.4, -0.2) is 20.9 Å². The first-order valence-electron chi connectivity index (χ1n) is 3.68. The van der Waals surface area contributed by atoms with Crippen molar-refractivity contribution in [2.45, 2.75) is 25.9 Å². The summed E-state index contributed by atoms with van der Waals surface area (Å²) < 4.78 is 0. The molecule has 0 saturated heterocycles. The lowest BCUT2D eigenvalue weighted by atomic mass is 10.0. The zero-order chi connectivity index (χ0) is 9.19. The monoisotopic (exact) mass is 165 g/mol. The number of hydrogen-bond donors (Lipinski definition) is 2. The number of nitrogens with zero attached hydrogens (tertiary/aromatic N) is 2. The number of aromatic amines is 1. The van der Waals surface area contributed by atoms with Crippen molar-refractivity contribution in [2.75, 3.05) is 0 Å². The summed E-state index contributed by atoms with van der Waals surface area (Å²) in [6.07, 6.45) is 0.474. The van der Waals surface area contributed by atoms with E-state index in [4.69, 9.17) is 5.26 Å². The van der Waals surface area contributed by atoms with Crippen LogP contribution in [0.1, 0.15) is 25.2 Å². The quantitative estimate of drug-likeness (QED) is 0.673. The second-order valence-corrected chi connectivity index (χ2v) is 3.38. The molecular formula is C8H11N3O. The molecule has 0 atom stereocenters. The molecule has 4 nitrogen and oxygen atoms in total. The second-order valence-electron chi connectivity index (χ2n) is 3.38.